The first-order valence-corrected chi connectivity index (χ1v) is 5.85. The van der Waals surface area contributed by atoms with Gasteiger partial charge in [-0.25, -0.2) is 0 Å². The molecule has 0 fully saturated rings. The minimum atomic E-state index is -0.521. The highest BCUT2D eigenvalue weighted by atomic mass is 16.6. The van der Waals surface area contributed by atoms with E-state index >= 15 is 0 Å². The van der Waals surface area contributed by atoms with Crippen LogP contribution in [0.1, 0.15) is 6.92 Å². The van der Waals surface area contributed by atoms with Crippen LogP contribution in [0.15, 0.2) is 18.2 Å². The Kier molecular flexibility index (Phi) is 3.66. The van der Waals surface area contributed by atoms with Crippen LogP contribution >= 0.6 is 0 Å². The van der Waals surface area contributed by atoms with Crippen LogP contribution in [-0.2, 0) is 4.79 Å². The maximum Gasteiger partial charge on any atom is 0.271 e. The van der Waals surface area contributed by atoms with E-state index in [2.05, 4.69) is 0 Å². The summed E-state index contributed by atoms with van der Waals surface area (Å²) >= 11 is 0. The standard InChI is InChI=1S/C12H14N2O5/c1-8(6-15)5-13-10-4-9(14(17)18)2-3-11(10)19-7-12(13)16/h2-4,8,15H,5-7H2,1H3. The van der Waals surface area contributed by atoms with Crippen molar-refractivity contribution >= 4 is 17.3 Å². The number of anilines is 1. The van der Waals surface area contributed by atoms with Crippen molar-refractivity contribution in [2.45, 2.75) is 6.92 Å². The Bertz CT molecular complexity index is 517. The van der Waals surface area contributed by atoms with Crippen LogP contribution < -0.4 is 9.64 Å². The first-order chi connectivity index (χ1) is 9.02. The number of benzene rings is 1. The summed E-state index contributed by atoms with van der Waals surface area (Å²) in [7, 11) is 0. The van der Waals surface area contributed by atoms with Crippen LogP contribution in [-0.4, -0.2) is 35.7 Å². The van der Waals surface area contributed by atoms with Crippen molar-refractivity contribution in [2.24, 2.45) is 5.92 Å². The van der Waals surface area contributed by atoms with Crippen LogP contribution in [0, 0.1) is 16.0 Å². The molecule has 2 rings (SSSR count). The van der Waals surface area contributed by atoms with E-state index in [1.165, 1.54) is 23.1 Å². The van der Waals surface area contributed by atoms with E-state index in [9.17, 15) is 14.9 Å². The molecule has 0 aromatic heterocycles. The molecule has 7 heteroatoms. The minimum absolute atomic E-state index is 0.0606. The van der Waals surface area contributed by atoms with Gasteiger partial charge in [0, 0.05) is 25.3 Å². The van der Waals surface area contributed by atoms with Gasteiger partial charge in [-0.1, -0.05) is 6.92 Å². The lowest BCUT2D eigenvalue weighted by Crippen LogP contribution is -2.41. The fraction of sp³-hybridized carbons (Fsp3) is 0.417. The van der Waals surface area contributed by atoms with Gasteiger partial charge in [-0.05, 0) is 12.0 Å². The molecule has 1 aliphatic heterocycles. The van der Waals surface area contributed by atoms with Crippen LogP contribution in [0.3, 0.4) is 0 Å². The first-order valence-electron chi connectivity index (χ1n) is 5.85. The van der Waals surface area contributed by atoms with Crippen molar-refractivity contribution < 1.29 is 19.6 Å². The van der Waals surface area contributed by atoms with Crippen molar-refractivity contribution in [1.82, 2.24) is 0 Å². The number of nitro benzene ring substituents is 1. The first kappa shape index (κ1) is 13.3. The average Bonchev–Trinajstić information content (AvgIpc) is 2.41. The molecule has 0 aliphatic carbocycles. The number of nitro groups is 1. The fourth-order valence-electron chi connectivity index (χ4n) is 1.87. The third-order valence-electron chi connectivity index (χ3n) is 2.90. The predicted octanol–water partition coefficient (Wildman–Crippen LogP) is 0.949. The molecule has 0 saturated heterocycles. The number of aliphatic hydroxyl groups excluding tert-OH is 1. The molecule has 1 amide bonds. The Labute approximate surface area is 109 Å². The molecule has 1 atom stereocenters. The molecule has 1 unspecified atom stereocenters. The number of non-ortho nitro benzene ring substituents is 1. The summed E-state index contributed by atoms with van der Waals surface area (Å²) in [5.74, 6) is 0.0535. The minimum Gasteiger partial charge on any atom is -0.482 e. The molecule has 0 bridgehead atoms. The molecule has 1 N–H and O–H groups in total. The van der Waals surface area contributed by atoms with E-state index in [1.54, 1.807) is 6.92 Å². The van der Waals surface area contributed by atoms with Gasteiger partial charge >= 0.3 is 0 Å². The number of rotatable bonds is 4. The summed E-state index contributed by atoms with van der Waals surface area (Å²) in [5.41, 5.74) is 0.282. The SMILES string of the molecule is CC(CO)CN1C(=O)COc2ccc([N+](=O)[O-])cc21. The number of fused-ring (bicyclic) bond motifs is 1. The number of carbonyl (C=O) groups is 1. The zero-order valence-electron chi connectivity index (χ0n) is 10.4. The lowest BCUT2D eigenvalue weighted by molar-refractivity contribution is -0.384. The number of amides is 1. The Morgan fingerprint density at radius 1 is 1.58 bits per heavy atom. The Morgan fingerprint density at radius 3 is 2.95 bits per heavy atom. The van der Waals surface area contributed by atoms with Crippen molar-refractivity contribution in [3.8, 4) is 5.75 Å². The summed E-state index contributed by atoms with van der Waals surface area (Å²) in [5, 5.41) is 19.8. The van der Waals surface area contributed by atoms with Crippen molar-refractivity contribution in [1.29, 1.82) is 0 Å². The number of aliphatic hydroxyl groups is 1. The lowest BCUT2D eigenvalue weighted by atomic mass is 10.1. The molecule has 0 spiro atoms. The highest BCUT2D eigenvalue weighted by Crippen LogP contribution is 2.35. The van der Waals surface area contributed by atoms with E-state index in [4.69, 9.17) is 9.84 Å². The van der Waals surface area contributed by atoms with E-state index in [-0.39, 0.29) is 30.7 Å². The zero-order valence-corrected chi connectivity index (χ0v) is 10.4. The third-order valence-corrected chi connectivity index (χ3v) is 2.90. The molecule has 1 aromatic rings. The monoisotopic (exact) mass is 266 g/mol. The van der Waals surface area contributed by atoms with Crippen molar-refractivity contribution in [3.63, 3.8) is 0 Å². The molecule has 102 valence electrons. The average molecular weight is 266 g/mol. The molecule has 1 heterocycles. The van der Waals surface area contributed by atoms with Crippen LogP contribution in [0.2, 0.25) is 0 Å². The van der Waals surface area contributed by atoms with Crippen LogP contribution in [0.5, 0.6) is 5.75 Å². The Balaban J connectivity index is 2.38. The highest BCUT2D eigenvalue weighted by Gasteiger charge is 2.28. The number of carbonyl (C=O) groups excluding carboxylic acids is 1. The van der Waals surface area contributed by atoms with Gasteiger partial charge in [-0.2, -0.15) is 0 Å². The van der Waals surface area contributed by atoms with Gasteiger partial charge in [0.2, 0.25) is 0 Å². The summed E-state index contributed by atoms with van der Waals surface area (Å²) in [6.07, 6.45) is 0. The largest absolute Gasteiger partial charge is 0.482 e. The van der Waals surface area contributed by atoms with E-state index < -0.39 is 4.92 Å². The second-order valence-electron chi connectivity index (χ2n) is 4.49. The van der Waals surface area contributed by atoms with Crippen molar-refractivity contribution in [2.75, 3.05) is 24.7 Å². The smallest absolute Gasteiger partial charge is 0.271 e. The molecule has 1 aromatic carbocycles. The van der Waals surface area contributed by atoms with Gasteiger partial charge < -0.3 is 14.7 Å². The Hall–Kier alpha value is -2.15. The zero-order chi connectivity index (χ0) is 14.0. The maximum atomic E-state index is 11.8. The van der Waals surface area contributed by atoms with Gasteiger partial charge in [-0.15, -0.1) is 0 Å². The highest BCUT2D eigenvalue weighted by molar-refractivity contribution is 5.98. The van der Waals surface area contributed by atoms with Gasteiger partial charge in [-0.3, -0.25) is 14.9 Å². The molecular weight excluding hydrogens is 252 g/mol. The maximum absolute atomic E-state index is 11.8. The quantitative estimate of drug-likeness (QED) is 0.647. The molecule has 19 heavy (non-hydrogen) atoms. The normalized spacial score (nSPS) is 15.7. The molecular formula is C12H14N2O5. The number of ether oxygens (including phenoxy) is 1. The van der Waals surface area contributed by atoms with Crippen LogP contribution in [0.4, 0.5) is 11.4 Å². The molecule has 1 aliphatic rings. The topological polar surface area (TPSA) is 92.9 Å². The molecule has 7 nitrogen and oxygen atoms in total. The summed E-state index contributed by atoms with van der Waals surface area (Å²) in [4.78, 5) is 23.5. The predicted molar refractivity (Wildman–Crippen MR) is 67.2 cm³/mol. The summed E-state index contributed by atoms with van der Waals surface area (Å²) in [6.45, 7) is 1.94. The summed E-state index contributed by atoms with van der Waals surface area (Å²) < 4.78 is 5.24. The summed E-state index contributed by atoms with van der Waals surface area (Å²) in [6, 6.07) is 4.13. The van der Waals surface area contributed by atoms with Gasteiger partial charge in [0.25, 0.3) is 11.6 Å². The number of hydrogen-bond acceptors (Lipinski definition) is 5. The number of nitrogens with zero attached hydrogens (tertiary/aromatic N) is 2. The van der Waals surface area contributed by atoms with E-state index in [1.807, 2.05) is 0 Å². The van der Waals surface area contributed by atoms with Gasteiger partial charge in [0.15, 0.2) is 6.61 Å². The fourth-order valence-corrected chi connectivity index (χ4v) is 1.87. The molecule has 0 saturated carbocycles. The molecule has 0 radical (unpaired) electrons. The van der Waals surface area contributed by atoms with Crippen LogP contribution in [0.25, 0.3) is 0 Å². The number of hydrogen-bond donors (Lipinski definition) is 1. The Morgan fingerprint density at radius 2 is 2.32 bits per heavy atom. The van der Waals surface area contributed by atoms with E-state index in [0.29, 0.717) is 18.0 Å². The van der Waals surface area contributed by atoms with Crippen molar-refractivity contribution in [3.05, 3.63) is 28.3 Å². The van der Waals surface area contributed by atoms with E-state index in [0.717, 1.165) is 0 Å². The second-order valence-corrected chi connectivity index (χ2v) is 4.49. The second kappa shape index (κ2) is 5.23. The van der Waals surface area contributed by atoms with Gasteiger partial charge in [0.1, 0.15) is 5.75 Å². The lowest BCUT2D eigenvalue weighted by Gasteiger charge is -2.30. The third kappa shape index (κ3) is 2.65. The van der Waals surface area contributed by atoms with Gasteiger partial charge in [0.05, 0.1) is 10.6 Å².